The maximum absolute atomic E-state index is 13.1. The summed E-state index contributed by atoms with van der Waals surface area (Å²) >= 11 is 0. The summed E-state index contributed by atoms with van der Waals surface area (Å²) in [7, 11) is -3.66. The van der Waals surface area contributed by atoms with Crippen molar-refractivity contribution in [1.29, 1.82) is 0 Å². The van der Waals surface area contributed by atoms with E-state index < -0.39 is 15.8 Å². The molecular weight excluding hydrogens is 395 g/mol. The molecule has 2 heterocycles. The van der Waals surface area contributed by atoms with Gasteiger partial charge in [-0.15, -0.1) is 0 Å². The molecule has 0 aliphatic carbocycles. The molecule has 0 atom stereocenters. The normalized spacial score (nSPS) is 20.3. The van der Waals surface area contributed by atoms with E-state index in [1.165, 1.54) is 16.4 Å². The first kappa shape index (κ1) is 22.1. The van der Waals surface area contributed by atoms with Gasteiger partial charge < -0.3 is 10.2 Å². The van der Waals surface area contributed by atoms with Crippen LogP contribution in [0.4, 0.5) is 4.39 Å². The van der Waals surface area contributed by atoms with E-state index in [1.54, 1.807) is 4.90 Å². The SMILES string of the molecule is CC(C)NC1CCN(CC(=O)N2CCN(S(=O)(=O)c3ccc(F)cc3)CC2)CC1. The Morgan fingerprint density at radius 3 is 2.21 bits per heavy atom. The van der Waals surface area contributed by atoms with E-state index in [2.05, 4.69) is 24.1 Å². The minimum absolute atomic E-state index is 0.0547. The zero-order valence-electron chi connectivity index (χ0n) is 17.2. The molecule has 7 nitrogen and oxygen atoms in total. The Morgan fingerprint density at radius 1 is 1.07 bits per heavy atom. The molecule has 1 amide bonds. The van der Waals surface area contributed by atoms with Crippen LogP contribution in [0.2, 0.25) is 0 Å². The Hall–Kier alpha value is -1.55. The Labute approximate surface area is 172 Å². The van der Waals surface area contributed by atoms with Crippen LogP contribution in [0.15, 0.2) is 29.2 Å². The van der Waals surface area contributed by atoms with Gasteiger partial charge in [-0.3, -0.25) is 9.69 Å². The molecule has 0 bridgehead atoms. The van der Waals surface area contributed by atoms with Gasteiger partial charge in [0.15, 0.2) is 0 Å². The fraction of sp³-hybridized carbons (Fsp3) is 0.650. The van der Waals surface area contributed by atoms with Gasteiger partial charge in [0.25, 0.3) is 0 Å². The van der Waals surface area contributed by atoms with Crippen LogP contribution in [0.1, 0.15) is 26.7 Å². The fourth-order valence-corrected chi connectivity index (χ4v) is 5.38. The van der Waals surface area contributed by atoms with Crippen molar-refractivity contribution >= 4 is 15.9 Å². The number of amides is 1. The number of benzene rings is 1. The number of piperazine rings is 1. The molecule has 0 saturated carbocycles. The molecule has 1 aromatic carbocycles. The fourth-order valence-electron chi connectivity index (χ4n) is 3.95. The van der Waals surface area contributed by atoms with Gasteiger partial charge in [0, 0.05) is 51.4 Å². The third-order valence-electron chi connectivity index (χ3n) is 5.56. The minimum Gasteiger partial charge on any atom is -0.339 e. The molecule has 9 heteroatoms. The molecule has 0 spiro atoms. The first-order valence-electron chi connectivity index (χ1n) is 10.3. The third kappa shape index (κ3) is 5.75. The maximum atomic E-state index is 13.1. The van der Waals surface area contributed by atoms with Gasteiger partial charge in [0.1, 0.15) is 5.82 Å². The van der Waals surface area contributed by atoms with Gasteiger partial charge in [-0.05, 0) is 37.1 Å². The van der Waals surface area contributed by atoms with Gasteiger partial charge in [-0.1, -0.05) is 13.8 Å². The Balaban J connectivity index is 1.47. The molecule has 2 saturated heterocycles. The highest BCUT2D eigenvalue weighted by Crippen LogP contribution is 2.18. The molecule has 2 aliphatic rings. The van der Waals surface area contributed by atoms with E-state index in [0.717, 1.165) is 38.1 Å². The standard InChI is InChI=1S/C20H31FN4O3S/c1-16(2)22-18-7-9-23(10-8-18)15-20(26)24-11-13-25(14-12-24)29(27,28)19-5-3-17(21)4-6-19/h3-6,16,18,22H,7-15H2,1-2H3. The van der Waals surface area contributed by atoms with Crippen molar-refractivity contribution < 1.29 is 17.6 Å². The Morgan fingerprint density at radius 2 is 1.66 bits per heavy atom. The molecule has 2 aliphatic heterocycles. The molecule has 1 N–H and O–H groups in total. The lowest BCUT2D eigenvalue weighted by Gasteiger charge is -2.37. The van der Waals surface area contributed by atoms with E-state index in [1.807, 2.05) is 0 Å². The van der Waals surface area contributed by atoms with Crippen LogP contribution in [0.25, 0.3) is 0 Å². The smallest absolute Gasteiger partial charge is 0.243 e. The quantitative estimate of drug-likeness (QED) is 0.738. The number of carbonyl (C=O) groups excluding carboxylic acids is 1. The third-order valence-corrected chi connectivity index (χ3v) is 7.47. The van der Waals surface area contributed by atoms with E-state index in [4.69, 9.17) is 0 Å². The molecule has 162 valence electrons. The Bertz CT molecular complexity index is 784. The number of hydrogen-bond donors (Lipinski definition) is 1. The number of sulfonamides is 1. The molecule has 29 heavy (non-hydrogen) atoms. The largest absolute Gasteiger partial charge is 0.339 e. The zero-order chi connectivity index (χ0) is 21.0. The highest BCUT2D eigenvalue weighted by atomic mass is 32.2. The first-order chi connectivity index (χ1) is 13.8. The number of rotatable bonds is 6. The van der Waals surface area contributed by atoms with E-state index in [-0.39, 0.29) is 23.9 Å². The predicted molar refractivity (Wildman–Crippen MR) is 109 cm³/mol. The van der Waals surface area contributed by atoms with Crippen molar-refractivity contribution in [2.45, 2.75) is 43.7 Å². The van der Waals surface area contributed by atoms with E-state index in [9.17, 15) is 17.6 Å². The van der Waals surface area contributed by atoms with Crippen LogP contribution in [-0.4, -0.2) is 86.3 Å². The molecule has 2 fully saturated rings. The highest BCUT2D eigenvalue weighted by Gasteiger charge is 2.31. The monoisotopic (exact) mass is 426 g/mol. The lowest BCUT2D eigenvalue weighted by molar-refractivity contribution is -0.133. The van der Waals surface area contributed by atoms with Crippen LogP contribution >= 0.6 is 0 Å². The summed E-state index contributed by atoms with van der Waals surface area (Å²) in [6.07, 6.45) is 2.07. The number of nitrogens with one attached hydrogen (secondary N) is 1. The number of carbonyl (C=O) groups is 1. The summed E-state index contributed by atoms with van der Waals surface area (Å²) in [4.78, 5) is 16.7. The van der Waals surface area contributed by atoms with Gasteiger partial charge in [-0.25, -0.2) is 12.8 Å². The van der Waals surface area contributed by atoms with E-state index in [0.29, 0.717) is 31.7 Å². The van der Waals surface area contributed by atoms with Crippen molar-refractivity contribution in [3.63, 3.8) is 0 Å². The summed E-state index contributed by atoms with van der Waals surface area (Å²) in [5.74, 6) is -0.414. The first-order valence-corrected chi connectivity index (χ1v) is 11.7. The minimum atomic E-state index is -3.66. The van der Waals surface area contributed by atoms with E-state index >= 15 is 0 Å². The second-order valence-corrected chi connectivity index (χ2v) is 10.0. The number of halogens is 1. The molecular formula is C20H31FN4O3S. The van der Waals surface area contributed by atoms with Crippen molar-refractivity contribution in [2.24, 2.45) is 0 Å². The second-order valence-electron chi connectivity index (χ2n) is 8.11. The van der Waals surface area contributed by atoms with Gasteiger partial charge in [-0.2, -0.15) is 4.31 Å². The molecule has 3 rings (SSSR count). The van der Waals surface area contributed by atoms with Gasteiger partial charge in [0.2, 0.25) is 15.9 Å². The van der Waals surface area contributed by atoms with Crippen LogP contribution < -0.4 is 5.32 Å². The summed E-state index contributed by atoms with van der Waals surface area (Å²) in [5.41, 5.74) is 0. The molecule has 0 unspecified atom stereocenters. The zero-order valence-corrected chi connectivity index (χ0v) is 18.0. The predicted octanol–water partition coefficient (Wildman–Crippen LogP) is 1.12. The molecule has 0 aromatic heterocycles. The summed E-state index contributed by atoms with van der Waals surface area (Å²) in [5, 5.41) is 3.55. The Kier molecular flexibility index (Phi) is 7.26. The number of likely N-dealkylation sites (tertiary alicyclic amines) is 1. The average Bonchev–Trinajstić information content (AvgIpc) is 2.69. The number of nitrogens with zero attached hydrogens (tertiary/aromatic N) is 3. The summed E-state index contributed by atoms with van der Waals surface area (Å²) in [6.45, 7) is 7.74. The van der Waals surface area contributed by atoms with Crippen LogP contribution in [0.3, 0.4) is 0 Å². The lowest BCUT2D eigenvalue weighted by Crippen LogP contribution is -2.53. The van der Waals surface area contributed by atoms with Crippen LogP contribution in [0.5, 0.6) is 0 Å². The van der Waals surface area contributed by atoms with Crippen LogP contribution in [0, 0.1) is 5.82 Å². The van der Waals surface area contributed by atoms with Gasteiger partial charge in [0.05, 0.1) is 11.4 Å². The van der Waals surface area contributed by atoms with Crippen molar-refractivity contribution in [3.8, 4) is 0 Å². The maximum Gasteiger partial charge on any atom is 0.243 e. The molecule has 1 aromatic rings. The lowest BCUT2D eigenvalue weighted by atomic mass is 10.0. The van der Waals surface area contributed by atoms with Crippen LogP contribution in [-0.2, 0) is 14.8 Å². The summed E-state index contributed by atoms with van der Waals surface area (Å²) < 4.78 is 39.8. The molecule has 0 radical (unpaired) electrons. The number of hydrogen-bond acceptors (Lipinski definition) is 5. The highest BCUT2D eigenvalue weighted by molar-refractivity contribution is 7.89. The van der Waals surface area contributed by atoms with Crippen molar-refractivity contribution in [1.82, 2.24) is 19.4 Å². The number of piperidine rings is 1. The summed E-state index contributed by atoms with van der Waals surface area (Å²) in [6, 6.07) is 5.83. The van der Waals surface area contributed by atoms with Crippen molar-refractivity contribution in [2.75, 3.05) is 45.8 Å². The van der Waals surface area contributed by atoms with Gasteiger partial charge >= 0.3 is 0 Å². The second kappa shape index (κ2) is 9.51. The van der Waals surface area contributed by atoms with Crippen molar-refractivity contribution in [3.05, 3.63) is 30.1 Å². The topological polar surface area (TPSA) is 73.0 Å². The average molecular weight is 427 g/mol.